The zero-order chi connectivity index (χ0) is 18.3. The summed E-state index contributed by atoms with van der Waals surface area (Å²) in [7, 11) is 1.32. The van der Waals surface area contributed by atoms with Crippen LogP contribution in [0.3, 0.4) is 0 Å². The number of carbonyl (C=O) groups excluding carboxylic acids is 1. The summed E-state index contributed by atoms with van der Waals surface area (Å²) in [6.45, 7) is 4.17. The molecule has 0 N–H and O–H groups in total. The molecular formula is C20H21N3O3. The molecular weight excluding hydrogens is 330 g/mol. The average Bonchev–Trinajstić information content (AvgIpc) is 3.09. The summed E-state index contributed by atoms with van der Waals surface area (Å²) >= 11 is 0. The van der Waals surface area contributed by atoms with Crippen LogP contribution in [-0.2, 0) is 10.2 Å². The highest BCUT2D eigenvalue weighted by Crippen LogP contribution is 2.45. The Morgan fingerprint density at radius 3 is 2.73 bits per heavy atom. The number of esters is 1. The van der Waals surface area contributed by atoms with Gasteiger partial charge in [0.25, 0.3) is 5.82 Å². The summed E-state index contributed by atoms with van der Waals surface area (Å²) in [6, 6.07) is 12.4. The van der Waals surface area contributed by atoms with Crippen molar-refractivity contribution in [1.82, 2.24) is 14.6 Å². The molecule has 2 unspecified atom stereocenters. The molecule has 0 aliphatic heterocycles. The lowest BCUT2D eigenvalue weighted by Gasteiger charge is -2.47. The maximum absolute atomic E-state index is 11.7. The van der Waals surface area contributed by atoms with Gasteiger partial charge in [-0.05, 0) is 37.0 Å². The van der Waals surface area contributed by atoms with Gasteiger partial charge in [0.05, 0.1) is 13.3 Å². The molecule has 0 amide bonds. The van der Waals surface area contributed by atoms with E-state index >= 15 is 0 Å². The zero-order valence-electron chi connectivity index (χ0n) is 15.1. The van der Waals surface area contributed by atoms with E-state index in [1.165, 1.54) is 12.7 Å². The number of hydrogen-bond acceptors (Lipinski definition) is 5. The number of nitrogens with zero attached hydrogens (tertiary/aromatic N) is 3. The van der Waals surface area contributed by atoms with E-state index in [1.54, 1.807) is 10.7 Å². The van der Waals surface area contributed by atoms with Gasteiger partial charge in [0, 0.05) is 5.41 Å². The second-order valence-corrected chi connectivity index (χ2v) is 6.98. The number of aromatic nitrogens is 3. The fourth-order valence-corrected chi connectivity index (χ4v) is 3.56. The van der Waals surface area contributed by atoms with E-state index in [0.29, 0.717) is 5.65 Å². The lowest BCUT2D eigenvalue weighted by Crippen LogP contribution is -2.49. The van der Waals surface area contributed by atoms with Gasteiger partial charge < -0.3 is 9.47 Å². The number of rotatable bonds is 4. The van der Waals surface area contributed by atoms with Gasteiger partial charge in [-0.2, -0.15) is 0 Å². The van der Waals surface area contributed by atoms with Crippen LogP contribution in [-0.4, -0.2) is 33.8 Å². The van der Waals surface area contributed by atoms with Crippen LogP contribution in [0.15, 0.2) is 42.6 Å². The van der Waals surface area contributed by atoms with Crippen molar-refractivity contribution in [3.8, 4) is 5.75 Å². The number of carbonyl (C=O) groups is 1. The molecule has 6 heteroatoms. The van der Waals surface area contributed by atoms with Gasteiger partial charge in [-0.15, -0.1) is 5.10 Å². The maximum atomic E-state index is 11.7. The summed E-state index contributed by atoms with van der Waals surface area (Å²) in [4.78, 5) is 15.9. The molecule has 2 atom stereocenters. The molecule has 2 aromatic heterocycles. The minimum Gasteiger partial charge on any atom is -0.488 e. The van der Waals surface area contributed by atoms with Crippen LogP contribution in [0.4, 0.5) is 0 Å². The van der Waals surface area contributed by atoms with Crippen LogP contribution in [0.25, 0.3) is 5.65 Å². The summed E-state index contributed by atoms with van der Waals surface area (Å²) in [6.07, 6.45) is 3.97. The summed E-state index contributed by atoms with van der Waals surface area (Å²) in [5, 5.41) is 4.20. The molecule has 2 heterocycles. The smallest absolute Gasteiger partial charge is 0.377 e. The van der Waals surface area contributed by atoms with Gasteiger partial charge in [0.15, 0.2) is 5.65 Å². The molecule has 26 heavy (non-hydrogen) atoms. The fraction of sp³-hybridized carbons (Fsp3) is 0.350. The van der Waals surface area contributed by atoms with Gasteiger partial charge in [-0.1, -0.05) is 37.3 Å². The number of methoxy groups -OCH3 is 1. The molecule has 1 aliphatic rings. The Kier molecular flexibility index (Phi) is 3.90. The molecule has 3 aromatic rings. The van der Waals surface area contributed by atoms with Crippen molar-refractivity contribution in [2.24, 2.45) is 0 Å². The van der Waals surface area contributed by atoms with E-state index in [9.17, 15) is 4.79 Å². The number of aryl methyl sites for hydroxylation is 1. The third kappa shape index (κ3) is 2.62. The number of pyridine rings is 1. The predicted molar refractivity (Wildman–Crippen MR) is 96.5 cm³/mol. The molecule has 4 rings (SSSR count). The molecule has 1 aromatic carbocycles. The maximum Gasteiger partial charge on any atom is 0.377 e. The van der Waals surface area contributed by atoms with E-state index in [2.05, 4.69) is 41.3 Å². The number of fused-ring (bicyclic) bond motifs is 1. The van der Waals surface area contributed by atoms with E-state index in [4.69, 9.17) is 9.47 Å². The summed E-state index contributed by atoms with van der Waals surface area (Å²) in [5.41, 5.74) is 2.81. The lowest BCUT2D eigenvalue weighted by molar-refractivity contribution is 0.0254. The lowest BCUT2D eigenvalue weighted by atomic mass is 9.63. The Hall–Kier alpha value is -2.89. The first-order valence-electron chi connectivity index (χ1n) is 8.69. The van der Waals surface area contributed by atoms with Gasteiger partial charge >= 0.3 is 5.97 Å². The molecule has 0 spiro atoms. The zero-order valence-corrected chi connectivity index (χ0v) is 15.1. The van der Waals surface area contributed by atoms with Crippen molar-refractivity contribution in [3.63, 3.8) is 0 Å². The molecule has 1 fully saturated rings. The van der Waals surface area contributed by atoms with Crippen LogP contribution in [0.5, 0.6) is 5.75 Å². The van der Waals surface area contributed by atoms with Crippen molar-refractivity contribution < 1.29 is 14.3 Å². The van der Waals surface area contributed by atoms with E-state index in [0.717, 1.165) is 24.2 Å². The van der Waals surface area contributed by atoms with Crippen LogP contribution in [0.2, 0.25) is 0 Å². The third-order valence-electron chi connectivity index (χ3n) is 5.31. The second-order valence-electron chi connectivity index (χ2n) is 6.98. The van der Waals surface area contributed by atoms with E-state index in [1.807, 2.05) is 19.1 Å². The minimum absolute atomic E-state index is 0.00364. The third-order valence-corrected chi connectivity index (χ3v) is 5.31. The first-order valence-corrected chi connectivity index (χ1v) is 8.69. The SMILES string of the molecule is COC(=O)c1nc2c(C)cc(OC3CCC3(C)c3ccccc3)cn2n1. The standard InChI is InChI=1S/C20H21N3O3/c1-13-11-15(12-23-18(13)21-17(22-23)19(24)25-3)26-16-9-10-20(16,2)14-7-5-4-6-8-14/h4-8,11-12,16H,9-10H2,1-3H3. The van der Waals surface area contributed by atoms with E-state index < -0.39 is 5.97 Å². The second kappa shape index (κ2) is 6.12. The normalized spacial score (nSPS) is 22.0. The number of benzene rings is 1. The highest BCUT2D eigenvalue weighted by Gasteiger charge is 2.46. The Bertz CT molecular complexity index is 967. The quantitative estimate of drug-likeness (QED) is 0.675. The minimum atomic E-state index is -0.550. The molecule has 1 aliphatic carbocycles. The van der Waals surface area contributed by atoms with Crippen molar-refractivity contribution >= 4 is 11.6 Å². The van der Waals surface area contributed by atoms with Crippen LogP contribution in [0.1, 0.15) is 41.5 Å². The Morgan fingerprint density at radius 1 is 1.31 bits per heavy atom. The molecule has 0 saturated heterocycles. The summed E-state index contributed by atoms with van der Waals surface area (Å²) in [5.74, 6) is 0.222. The average molecular weight is 351 g/mol. The van der Waals surface area contributed by atoms with Crippen molar-refractivity contribution in [3.05, 3.63) is 59.5 Å². The Labute approximate surface area is 151 Å². The predicted octanol–water partition coefficient (Wildman–Crippen LogP) is 3.32. The highest BCUT2D eigenvalue weighted by atomic mass is 16.5. The Balaban J connectivity index is 1.62. The molecule has 0 bridgehead atoms. The fourth-order valence-electron chi connectivity index (χ4n) is 3.56. The van der Waals surface area contributed by atoms with Crippen LogP contribution in [0, 0.1) is 6.92 Å². The first-order chi connectivity index (χ1) is 12.5. The van der Waals surface area contributed by atoms with Crippen molar-refractivity contribution in [2.45, 2.75) is 38.2 Å². The Morgan fingerprint density at radius 2 is 2.08 bits per heavy atom. The topological polar surface area (TPSA) is 65.7 Å². The van der Waals surface area contributed by atoms with Gasteiger partial charge in [-0.3, -0.25) is 0 Å². The van der Waals surface area contributed by atoms with Crippen LogP contribution < -0.4 is 4.74 Å². The highest BCUT2D eigenvalue weighted by molar-refractivity contribution is 5.85. The largest absolute Gasteiger partial charge is 0.488 e. The van der Waals surface area contributed by atoms with Crippen LogP contribution >= 0.6 is 0 Å². The van der Waals surface area contributed by atoms with Crippen molar-refractivity contribution in [2.75, 3.05) is 7.11 Å². The molecule has 134 valence electrons. The van der Waals surface area contributed by atoms with Gasteiger partial charge in [-0.25, -0.2) is 14.3 Å². The van der Waals surface area contributed by atoms with Gasteiger partial charge in [0.2, 0.25) is 0 Å². The first kappa shape index (κ1) is 16.6. The number of hydrogen-bond donors (Lipinski definition) is 0. The van der Waals surface area contributed by atoms with Gasteiger partial charge in [0.1, 0.15) is 11.9 Å². The molecule has 6 nitrogen and oxygen atoms in total. The molecule has 0 radical (unpaired) electrons. The summed E-state index contributed by atoms with van der Waals surface area (Å²) < 4.78 is 12.6. The van der Waals surface area contributed by atoms with Crippen molar-refractivity contribution in [1.29, 1.82) is 0 Å². The monoisotopic (exact) mass is 351 g/mol. The van der Waals surface area contributed by atoms with E-state index in [-0.39, 0.29) is 17.3 Å². The number of ether oxygens (including phenoxy) is 2. The molecule has 1 saturated carbocycles.